The standard InChI is InChI=1S/C26H36N4O3S/c1-3-29-13-9-21(10-14-29)34(31,32)22-6-8-26-24(16-22)25(18-30(26)12-4-11-27)23-7-5-20(33-2)15-19(23)17-28/h5-8,15-16,18,21H,3-4,9-14,17,27-28H2,1-2H3. The highest BCUT2D eigenvalue weighted by molar-refractivity contribution is 7.92. The SMILES string of the molecule is CCN1CCC(S(=O)(=O)c2ccc3c(c2)c(-c2ccc(OC)cc2CN)cn3CCCN)CC1. The summed E-state index contributed by atoms with van der Waals surface area (Å²) in [5, 5.41) is 0.583. The lowest BCUT2D eigenvalue weighted by atomic mass is 9.99. The van der Waals surface area contributed by atoms with Crippen LogP contribution in [0.4, 0.5) is 0 Å². The van der Waals surface area contributed by atoms with Gasteiger partial charge in [0.1, 0.15) is 5.75 Å². The molecule has 0 atom stereocenters. The molecule has 1 aromatic heterocycles. The molecule has 0 bridgehead atoms. The van der Waals surface area contributed by atoms with Crippen molar-refractivity contribution in [1.82, 2.24) is 9.47 Å². The van der Waals surface area contributed by atoms with Crippen LogP contribution in [0.2, 0.25) is 0 Å². The molecule has 34 heavy (non-hydrogen) atoms. The highest BCUT2D eigenvalue weighted by atomic mass is 32.2. The van der Waals surface area contributed by atoms with Crippen molar-refractivity contribution in [2.75, 3.05) is 33.3 Å². The van der Waals surface area contributed by atoms with Crippen LogP contribution in [0.1, 0.15) is 31.7 Å². The number of methoxy groups -OCH3 is 1. The lowest BCUT2D eigenvalue weighted by Crippen LogP contribution is -2.39. The summed E-state index contributed by atoms with van der Waals surface area (Å²) in [4.78, 5) is 2.71. The lowest BCUT2D eigenvalue weighted by molar-refractivity contribution is 0.241. The molecule has 184 valence electrons. The van der Waals surface area contributed by atoms with E-state index in [1.807, 2.05) is 30.3 Å². The zero-order valence-corrected chi connectivity index (χ0v) is 21.0. The summed E-state index contributed by atoms with van der Waals surface area (Å²) in [5.41, 5.74) is 15.8. The van der Waals surface area contributed by atoms with Crippen LogP contribution in [-0.2, 0) is 22.9 Å². The topological polar surface area (TPSA) is 104 Å². The van der Waals surface area contributed by atoms with Crippen LogP contribution < -0.4 is 16.2 Å². The number of aryl methyl sites for hydroxylation is 1. The molecular formula is C26H36N4O3S. The number of nitrogens with two attached hydrogens (primary N) is 2. The maximum absolute atomic E-state index is 13.6. The van der Waals surface area contributed by atoms with E-state index >= 15 is 0 Å². The van der Waals surface area contributed by atoms with Gasteiger partial charge in [-0.25, -0.2) is 8.42 Å². The molecular weight excluding hydrogens is 448 g/mol. The molecule has 0 aliphatic carbocycles. The van der Waals surface area contributed by atoms with E-state index in [0.717, 1.165) is 65.9 Å². The van der Waals surface area contributed by atoms with Crippen LogP contribution in [0, 0.1) is 0 Å². The van der Waals surface area contributed by atoms with E-state index in [9.17, 15) is 8.42 Å². The van der Waals surface area contributed by atoms with E-state index in [0.29, 0.717) is 30.8 Å². The molecule has 4 N–H and O–H groups in total. The van der Waals surface area contributed by atoms with Crippen LogP contribution in [0.5, 0.6) is 5.75 Å². The molecule has 0 spiro atoms. The number of hydrogen-bond donors (Lipinski definition) is 2. The van der Waals surface area contributed by atoms with Crippen molar-refractivity contribution in [3.63, 3.8) is 0 Å². The number of hydrogen-bond acceptors (Lipinski definition) is 6. The van der Waals surface area contributed by atoms with Gasteiger partial charge < -0.3 is 25.7 Å². The molecule has 0 saturated carbocycles. The van der Waals surface area contributed by atoms with Crippen molar-refractivity contribution < 1.29 is 13.2 Å². The molecule has 1 aliphatic heterocycles. The summed E-state index contributed by atoms with van der Waals surface area (Å²) in [6, 6.07) is 11.4. The van der Waals surface area contributed by atoms with Gasteiger partial charge in [-0.1, -0.05) is 13.0 Å². The molecule has 0 unspecified atom stereocenters. The van der Waals surface area contributed by atoms with E-state index in [1.54, 1.807) is 13.2 Å². The monoisotopic (exact) mass is 484 g/mol. The van der Waals surface area contributed by atoms with Crippen LogP contribution >= 0.6 is 0 Å². The zero-order valence-electron chi connectivity index (χ0n) is 20.2. The van der Waals surface area contributed by atoms with Gasteiger partial charge in [0.05, 0.1) is 17.3 Å². The second-order valence-electron chi connectivity index (χ2n) is 8.96. The van der Waals surface area contributed by atoms with Crippen molar-refractivity contribution in [2.45, 2.75) is 49.4 Å². The summed E-state index contributed by atoms with van der Waals surface area (Å²) >= 11 is 0. The first kappa shape index (κ1) is 24.7. The molecule has 7 nitrogen and oxygen atoms in total. The Labute approximate surface area is 202 Å². The first-order valence-electron chi connectivity index (χ1n) is 12.1. The lowest BCUT2D eigenvalue weighted by Gasteiger charge is -2.30. The second kappa shape index (κ2) is 10.5. The Balaban J connectivity index is 1.81. The van der Waals surface area contributed by atoms with Crippen molar-refractivity contribution in [1.29, 1.82) is 0 Å². The normalized spacial score (nSPS) is 15.8. The molecule has 2 heterocycles. The second-order valence-corrected chi connectivity index (χ2v) is 11.2. The summed E-state index contributed by atoms with van der Waals surface area (Å²) in [6.45, 7) is 6.45. The summed E-state index contributed by atoms with van der Waals surface area (Å²) in [6.07, 6.45) is 4.28. The van der Waals surface area contributed by atoms with E-state index < -0.39 is 9.84 Å². The molecule has 0 radical (unpaired) electrons. The average molecular weight is 485 g/mol. The number of sulfone groups is 1. The maximum Gasteiger partial charge on any atom is 0.181 e. The summed E-state index contributed by atoms with van der Waals surface area (Å²) in [7, 11) is -1.78. The van der Waals surface area contributed by atoms with Crippen molar-refractivity contribution in [2.24, 2.45) is 11.5 Å². The smallest absolute Gasteiger partial charge is 0.181 e. The van der Waals surface area contributed by atoms with Gasteiger partial charge in [0, 0.05) is 35.8 Å². The van der Waals surface area contributed by atoms with Gasteiger partial charge in [-0.05, 0) is 86.9 Å². The number of nitrogens with zero attached hydrogens (tertiary/aromatic N) is 2. The van der Waals surface area contributed by atoms with Gasteiger partial charge in [0.25, 0.3) is 0 Å². The number of benzene rings is 2. The fourth-order valence-corrected chi connectivity index (χ4v) is 6.73. The average Bonchev–Trinajstić information content (AvgIpc) is 3.24. The van der Waals surface area contributed by atoms with E-state index in [-0.39, 0.29) is 5.25 Å². The Morgan fingerprint density at radius 2 is 1.82 bits per heavy atom. The van der Waals surface area contributed by atoms with Crippen molar-refractivity contribution in [3.05, 3.63) is 48.2 Å². The highest BCUT2D eigenvalue weighted by Crippen LogP contribution is 2.37. The predicted molar refractivity (Wildman–Crippen MR) is 138 cm³/mol. The Hall–Kier alpha value is -2.39. The van der Waals surface area contributed by atoms with Crippen LogP contribution in [0.15, 0.2) is 47.5 Å². The number of rotatable bonds is 9. The molecule has 1 aliphatic rings. The van der Waals surface area contributed by atoms with Gasteiger partial charge in [-0.15, -0.1) is 0 Å². The number of fused-ring (bicyclic) bond motifs is 1. The van der Waals surface area contributed by atoms with Crippen LogP contribution in [0.25, 0.3) is 22.0 Å². The van der Waals surface area contributed by atoms with E-state index in [1.165, 1.54) is 0 Å². The molecule has 0 amide bonds. The fraction of sp³-hybridized carbons (Fsp3) is 0.462. The van der Waals surface area contributed by atoms with Crippen LogP contribution in [-0.4, -0.2) is 56.4 Å². The largest absolute Gasteiger partial charge is 0.497 e. The fourth-order valence-electron chi connectivity index (χ4n) is 4.97. The minimum Gasteiger partial charge on any atom is -0.497 e. The Morgan fingerprint density at radius 3 is 2.47 bits per heavy atom. The molecule has 2 aromatic carbocycles. The molecule has 1 saturated heterocycles. The zero-order chi connectivity index (χ0) is 24.3. The first-order chi connectivity index (χ1) is 16.4. The molecule has 1 fully saturated rings. The van der Waals surface area contributed by atoms with Crippen molar-refractivity contribution >= 4 is 20.7 Å². The number of ether oxygens (including phenoxy) is 1. The molecule has 3 aromatic rings. The quantitative estimate of drug-likeness (QED) is 0.483. The third kappa shape index (κ3) is 4.73. The summed E-state index contributed by atoms with van der Waals surface area (Å²) in [5.74, 6) is 0.748. The first-order valence-corrected chi connectivity index (χ1v) is 13.6. The third-order valence-electron chi connectivity index (χ3n) is 7.03. The van der Waals surface area contributed by atoms with E-state index in [4.69, 9.17) is 16.2 Å². The Morgan fingerprint density at radius 1 is 1.06 bits per heavy atom. The van der Waals surface area contributed by atoms with Gasteiger partial charge in [-0.2, -0.15) is 0 Å². The summed E-state index contributed by atoms with van der Waals surface area (Å²) < 4.78 is 34.7. The van der Waals surface area contributed by atoms with Gasteiger partial charge in [0.15, 0.2) is 9.84 Å². The van der Waals surface area contributed by atoms with Gasteiger partial charge in [0.2, 0.25) is 0 Å². The Bertz CT molecular complexity index is 1240. The van der Waals surface area contributed by atoms with E-state index in [2.05, 4.69) is 22.6 Å². The minimum absolute atomic E-state index is 0.337. The Kier molecular flexibility index (Phi) is 7.62. The predicted octanol–water partition coefficient (Wildman–Crippen LogP) is 3.38. The van der Waals surface area contributed by atoms with Crippen LogP contribution in [0.3, 0.4) is 0 Å². The van der Waals surface area contributed by atoms with Gasteiger partial charge >= 0.3 is 0 Å². The highest BCUT2D eigenvalue weighted by Gasteiger charge is 2.31. The van der Waals surface area contributed by atoms with Gasteiger partial charge in [-0.3, -0.25) is 0 Å². The number of likely N-dealkylation sites (tertiary alicyclic amines) is 1. The number of piperidine rings is 1. The third-order valence-corrected chi connectivity index (χ3v) is 9.29. The number of aromatic nitrogens is 1. The molecule has 4 rings (SSSR count). The maximum atomic E-state index is 13.6. The minimum atomic E-state index is -3.42. The van der Waals surface area contributed by atoms with Crippen molar-refractivity contribution in [3.8, 4) is 16.9 Å². The molecule has 8 heteroatoms.